The van der Waals surface area contributed by atoms with Crippen molar-refractivity contribution in [3.05, 3.63) is 65.9 Å². The Morgan fingerprint density at radius 3 is 2.62 bits per heavy atom. The minimum Gasteiger partial charge on any atom is -0.507 e. The Labute approximate surface area is 139 Å². The molecule has 4 nitrogen and oxygen atoms in total. The highest BCUT2D eigenvalue weighted by molar-refractivity contribution is 6.00. The first-order valence-corrected chi connectivity index (χ1v) is 7.78. The molecule has 1 atom stereocenters. The summed E-state index contributed by atoms with van der Waals surface area (Å²) in [5.41, 5.74) is 2.10. The summed E-state index contributed by atoms with van der Waals surface area (Å²) in [5, 5.41) is 13.2. The number of phenols is 1. The van der Waals surface area contributed by atoms with E-state index < -0.39 is 12.7 Å². The average Bonchev–Trinajstić information content (AvgIpc) is 2.94. The first-order valence-electron chi connectivity index (χ1n) is 7.78. The second kappa shape index (κ2) is 6.74. The zero-order valence-electron chi connectivity index (χ0n) is 13.4. The summed E-state index contributed by atoms with van der Waals surface area (Å²) in [6, 6.07) is 15.6. The fourth-order valence-corrected chi connectivity index (χ4v) is 2.86. The number of aryl methyl sites for hydroxylation is 1. The number of hydrogen-bond acceptors (Lipinski definition) is 2. The van der Waals surface area contributed by atoms with Crippen molar-refractivity contribution >= 4 is 16.8 Å². The van der Waals surface area contributed by atoms with E-state index in [4.69, 9.17) is 0 Å². The molecule has 0 fully saturated rings. The van der Waals surface area contributed by atoms with Crippen LogP contribution in [0.15, 0.2) is 54.6 Å². The highest BCUT2D eigenvalue weighted by Crippen LogP contribution is 2.27. The highest BCUT2D eigenvalue weighted by Gasteiger charge is 2.19. The Bertz CT molecular complexity index is 858. The molecule has 3 rings (SSSR count). The maximum absolute atomic E-state index is 13.3. The Hall–Kier alpha value is -2.82. The van der Waals surface area contributed by atoms with Crippen molar-refractivity contribution in [2.45, 2.75) is 12.5 Å². The molecule has 0 spiro atoms. The molecule has 1 amide bonds. The number of alkyl halides is 1. The number of halogens is 1. The fraction of sp³-hybridized carbons (Fsp3) is 0.211. The summed E-state index contributed by atoms with van der Waals surface area (Å²) in [7, 11) is 1.75. The third kappa shape index (κ3) is 3.11. The SMILES string of the molecule is Cn1c(C(=O)NC(CF)Cc2ccccc2)cc2c(O)cccc21. The monoisotopic (exact) mass is 326 g/mol. The molecule has 0 radical (unpaired) electrons. The lowest BCUT2D eigenvalue weighted by Crippen LogP contribution is -2.38. The smallest absolute Gasteiger partial charge is 0.268 e. The summed E-state index contributed by atoms with van der Waals surface area (Å²) < 4.78 is 15.0. The number of nitrogens with zero attached hydrogens (tertiary/aromatic N) is 1. The van der Waals surface area contributed by atoms with Gasteiger partial charge >= 0.3 is 0 Å². The zero-order valence-corrected chi connectivity index (χ0v) is 13.4. The van der Waals surface area contributed by atoms with E-state index >= 15 is 0 Å². The van der Waals surface area contributed by atoms with Gasteiger partial charge in [-0.15, -0.1) is 0 Å². The van der Waals surface area contributed by atoms with Crippen molar-refractivity contribution in [2.24, 2.45) is 7.05 Å². The minimum absolute atomic E-state index is 0.119. The molecule has 1 unspecified atom stereocenters. The molecule has 24 heavy (non-hydrogen) atoms. The van der Waals surface area contributed by atoms with E-state index in [2.05, 4.69) is 5.32 Å². The maximum Gasteiger partial charge on any atom is 0.268 e. The Balaban J connectivity index is 1.81. The Morgan fingerprint density at radius 1 is 1.21 bits per heavy atom. The standard InChI is InChI=1S/C19H19FN2O2/c1-22-16-8-5-9-18(23)15(16)11-17(22)19(24)21-14(12-20)10-13-6-3-2-4-7-13/h2-9,11,14,23H,10,12H2,1H3,(H,21,24). The molecule has 2 aromatic carbocycles. The summed E-state index contributed by atoms with van der Waals surface area (Å²) in [4.78, 5) is 12.5. The lowest BCUT2D eigenvalue weighted by Gasteiger charge is -2.16. The van der Waals surface area contributed by atoms with Gasteiger partial charge in [-0.25, -0.2) is 4.39 Å². The van der Waals surface area contributed by atoms with Crippen molar-refractivity contribution in [3.8, 4) is 5.75 Å². The van der Waals surface area contributed by atoms with Crippen LogP contribution >= 0.6 is 0 Å². The fourth-order valence-electron chi connectivity index (χ4n) is 2.86. The van der Waals surface area contributed by atoms with Crippen LogP contribution in [0.4, 0.5) is 4.39 Å². The van der Waals surface area contributed by atoms with Crippen LogP contribution in [0, 0.1) is 0 Å². The van der Waals surface area contributed by atoms with Gasteiger partial charge in [0.05, 0.1) is 11.6 Å². The number of carbonyl (C=O) groups excluding carboxylic acids is 1. The van der Waals surface area contributed by atoms with E-state index in [0.717, 1.165) is 11.1 Å². The van der Waals surface area contributed by atoms with Crippen LogP contribution in [0.1, 0.15) is 16.1 Å². The number of hydrogen-bond donors (Lipinski definition) is 2. The molecule has 0 saturated carbocycles. The summed E-state index contributed by atoms with van der Waals surface area (Å²) in [5.74, 6) is -0.236. The quantitative estimate of drug-likeness (QED) is 0.756. The molecule has 5 heteroatoms. The third-order valence-electron chi connectivity index (χ3n) is 4.14. The second-order valence-corrected chi connectivity index (χ2v) is 5.81. The van der Waals surface area contributed by atoms with Crippen molar-refractivity contribution in [2.75, 3.05) is 6.67 Å². The van der Waals surface area contributed by atoms with E-state index in [1.807, 2.05) is 36.4 Å². The topological polar surface area (TPSA) is 54.3 Å². The molecule has 3 aromatic rings. The molecule has 2 N–H and O–H groups in total. The Kier molecular flexibility index (Phi) is 4.51. The second-order valence-electron chi connectivity index (χ2n) is 5.81. The summed E-state index contributed by atoms with van der Waals surface area (Å²) >= 11 is 0. The number of phenolic OH excluding ortho intramolecular Hbond substituents is 1. The number of carbonyl (C=O) groups is 1. The number of fused-ring (bicyclic) bond motifs is 1. The van der Waals surface area contributed by atoms with Gasteiger partial charge in [0.1, 0.15) is 18.1 Å². The van der Waals surface area contributed by atoms with Gasteiger partial charge in [0, 0.05) is 12.4 Å². The molecule has 0 bridgehead atoms. The Morgan fingerprint density at radius 2 is 1.96 bits per heavy atom. The van der Waals surface area contributed by atoms with Crippen LogP contribution in [-0.4, -0.2) is 28.3 Å². The summed E-state index contributed by atoms with van der Waals surface area (Å²) in [6.45, 7) is -0.643. The van der Waals surface area contributed by atoms with Gasteiger partial charge in [0.25, 0.3) is 5.91 Å². The van der Waals surface area contributed by atoms with E-state index in [1.165, 1.54) is 0 Å². The number of benzene rings is 2. The molecule has 124 valence electrons. The first kappa shape index (κ1) is 16.1. The van der Waals surface area contributed by atoms with E-state index in [-0.39, 0.29) is 11.7 Å². The molecule has 1 heterocycles. The van der Waals surface area contributed by atoms with Crippen LogP contribution in [-0.2, 0) is 13.5 Å². The van der Waals surface area contributed by atoms with Gasteiger partial charge in [0.2, 0.25) is 0 Å². The number of aromatic hydroxyl groups is 1. The highest BCUT2D eigenvalue weighted by atomic mass is 19.1. The van der Waals surface area contributed by atoms with Gasteiger partial charge in [-0.3, -0.25) is 4.79 Å². The first-order chi connectivity index (χ1) is 11.6. The molecular formula is C19H19FN2O2. The van der Waals surface area contributed by atoms with E-state index in [1.54, 1.807) is 29.8 Å². The van der Waals surface area contributed by atoms with E-state index in [9.17, 15) is 14.3 Å². The van der Waals surface area contributed by atoms with Crippen molar-refractivity contribution in [1.82, 2.24) is 9.88 Å². The lowest BCUT2D eigenvalue weighted by atomic mass is 10.1. The minimum atomic E-state index is -0.643. The van der Waals surface area contributed by atoms with Crippen molar-refractivity contribution in [1.29, 1.82) is 0 Å². The van der Waals surface area contributed by atoms with Crippen molar-refractivity contribution < 1.29 is 14.3 Å². The zero-order chi connectivity index (χ0) is 17.1. The normalized spacial score (nSPS) is 12.2. The van der Waals surface area contributed by atoms with Gasteiger partial charge in [-0.1, -0.05) is 36.4 Å². The predicted octanol–water partition coefficient (Wildman–Crippen LogP) is 3.19. The molecule has 0 aliphatic carbocycles. The van der Waals surface area contributed by atoms with Gasteiger partial charge < -0.3 is 15.0 Å². The van der Waals surface area contributed by atoms with Gasteiger partial charge in [0.15, 0.2) is 0 Å². The number of aromatic nitrogens is 1. The number of rotatable bonds is 5. The molecule has 0 saturated heterocycles. The van der Waals surface area contributed by atoms with Gasteiger partial charge in [-0.2, -0.15) is 0 Å². The van der Waals surface area contributed by atoms with Crippen LogP contribution in [0.5, 0.6) is 5.75 Å². The van der Waals surface area contributed by atoms with Crippen LogP contribution < -0.4 is 5.32 Å². The lowest BCUT2D eigenvalue weighted by molar-refractivity contribution is 0.0922. The molecular weight excluding hydrogens is 307 g/mol. The van der Waals surface area contributed by atoms with E-state index in [0.29, 0.717) is 17.5 Å². The predicted molar refractivity (Wildman–Crippen MR) is 92.0 cm³/mol. The maximum atomic E-state index is 13.3. The van der Waals surface area contributed by atoms with Crippen LogP contribution in [0.2, 0.25) is 0 Å². The van der Waals surface area contributed by atoms with Crippen LogP contribution in [0.25, 0.3) is 10.9 Å². The number of amides is 1. The largest absolute Gasteiger partial charge is 0.507 e. The van der Waals surface area contributed by atoms with Crippen LogP contribution in [0.3, 0.4) is 0 Å². The summed E-state index contributed by atoms with van der Waals surface area (Å²) in [6.07, 6.45) is 0.429. The molecule has 0 aliphatic rings. The average molecular weight is 326 g/mol. The van der Waals surface area contributed by atoms with Gasteiger partial charge in [-0.05, 0) is 30.2 Å². The third-order valence-corrected chi connectivity index (χ3v) is 4.14. The molecule has 1 aromatic heterocycles. The molecule has 0 aliphatic heterocycles. The number of nitrogens with one attached hydrogen (secondary N) is 1. The van der Waals surface area contributed by atoms with Crippen molar-refractivity contribution in [3.63, 3.8) is 0 Å².